The van der Waals surface area contributed by atoms with Crippen molar-refractivity contribution in [1.82, 2.24) is 0 Å². The molecule has 1 saturated heterocycles. The lowest BCUT2D eigenvalue weighted by atomic mass is 9.99. The molecular formula is C12H18O8. The number of rotatable bonds is 3. The Labute approximate surface area is 115 Å². The Morgan fingerprint density at radius 3 is 1.70 bits per heavy atom. The third kappa shape index (κ3) is 4.17. The highest BCUT2D eigenvalue weighted by atomic mass is 16.7. The van der Waals surface area contributed by atoms with Crippen molar-refractivity contribution in [2.75, 3.05) is 0 Å². The third-order valence-corrected chi connectivity index (χ3v) is 2.65. The van der Waals surface area contributed by atoms with Crippen LogP contribution in [0.2, 0.25) is 0 Å². The van der Waals surface area contributed by atoms with Crippen molar-refractivity contribution in [3.63, 3.8) is 0 Å². The fraction of sp³-hybridized carbons (Fsp3) is 0.750. The van der Waals surface area contributed by atoms with Gasteiger partial charge in [-0.2, -0.15) is 0 Å². The fourth-order valence-corrected chi connectivity index (χ4v) is 1.99. The Bertz CT molecular complexity index is 365. The van der Waals surface area contributed by atoms with Crippen LogP contribution in [-0.4, -0.2) is 53.7 Å². The molecule has 114 valence electrons. The van der Waals surface area contributed by atoms with Crippen LogP contribution in [0.25, 0.3) is 0 Å². The van der Waals surface area contributed by atoms with Crippen LogP contribution in [0.1, 0.15) is 27.7 Å². The average Bonchev–Trinajstić information content (AvgIpc) is 2.27. The molecule has 8 nitrogen and oxygen atoms in total. The van der Waals surface area contributed by atoms with Crippen LogP contribution >= 0.6 is 0 Å². The highest BCUT2D eigenvalue weighted by molar-refractivity contribution is 5.68. The molecule has 20 heavy (non-hydrogen) atoms. The van der Waals surface area contributed by atoms with E-state index in [2.05, 4.69) is 0 Å². The van der Waals surface area contributed by atoms with Gasteiger partial charge in [-0.25, -0.2) is 0 Å². The predicted octanol–water partition coefficient (Wildman–Crippen LogP) is -0.481. The maximum atomic E-state index is 11.2. The van der Waals surface area contributed by atoms with Crippen molar-refractivity contribution in [2.24, 2.45) is 0 Å². The molecular weight excluding hydrogens is 272 g/mol. The molecule has 0 amide bonds. The molecule has 0 aliphatic carbocycles. The highest BCUT2D eigenvalue weighted by Crippen LogP contribution is 2.27. The van der Waals surface area contributed by atoms with Gasteiger partial charge in [-0.1, -0.05) is 0 Å². The molecule has 0 bridgehead atoms. The van der Waals surface area contributed by atoms with Crippen LogP contribution in [0.5, 0.6) is 0 Å². The molecule has 0 aromatic rings. The molecule has 1 rings (SSSR count). The summed E-state index contributed by atoms with van der Waals surface area (Å²) in [6.07, 6.45) is -5.60. The van der Waals surface area contributed by atoms with Crippen LogP contribution in [0.3, 0.4) is 0 Å². The summed E-state index contributed by atoms with van der Waals surface area (Å²) in [4.78, 5) is 33.3. The van der Waals surface area contributed by atoms with Gasteiger partial charge in [-0.05, 0) is 6.92 Å². The SMILES string of the molecule is CC(=O)O[C@H]1[C@@H](OC(C)=O)[C@H](O)O[C@H](C)[C@H]1OC(C)=O. The van der Waals surface area contributed by atoms with E-state index in [1.54, 1.807) is 0 Å². The molecule has 0 unspecified atom stereocenters. The van der Waals surface area contributed by atoms with E-state index >= 15 is 0 Å². The predicted molar refractivity (Wildman–Crippen MR) is 63.2 cm³/mol. The quantitative estimate of drug-likeness (QED) is 0.548. The molecule has 0 radical (unpaired) electrons. The number of aliphatic hydroxyl groups excluding tert-OH is 1. The zero-order valence-corrected chi connectivity index (χ0v) is 11.7. The van der Waals surface area contributed by atoms with E-state index in [0.717, 1.165) is 13.8 Å². The van der Waals surface area contributed by atoms with Crippen LogP contribution in [-0.2, 0) is 33.3 Å². The standard InChI is InChI=1S/C12H18O8/c1-5-9(18-6(2)13)10(19-7(3)14)11(12(16)17-5)20-8(4)15/h5,9-12,16H,1-4H3/t5-,9-,10-,11-,12-/m1/s1. The maximum absolute atomic E-state index is 11.2. The summed E-state index contributed by atoms with van der Waals surface area (Å²) in [7, 11) is 0. The number of carbonyl (C=O) groups excluding carboxylic acids is 3. The molecule has 1 aliphatic heterocycles. The smallest absolute Gasteiger partial charge is 0.303 e. The summed E-state index contributed by atoms with van der Waals surface area (Å²) in [5.41, 5.74) is 0. The third-order valence-electron chi connectivity index (χ3n) is 2.65. The van der Waals surface area contributed by atoms with Gasteiger partial charge in [0.15, 0.2) is 24.6 Å². The van der Waals surface area contributed by atoms with Crippen molar-refractivity contribution in [3.8, 4) is 0 Å². The lowest BCUT2D eigenvalue weighted by Gasteiger charge is -2.41. The van der Waals surface area contributed by atoms with Gasteiger partial charge < -0.3 is 24.1 Å². The second-order valence-corrected chi connectivity index (χ2v) is 4.45. The lowest BCUT2D eigenvalue weighted by molar-refractivity contribution is -0.288. The van der Waals surface area contributed by atoms with Crippen molar-refractivity contribution < 1.29 is 38.4 Å². The molecule has 1 aliphatic rings. The van der Waals surface area contributed by atoms with Crippen LogP contribution < -0.4 is 0 Å². The van der Waals surface area contributed by atoms with Gasteiger partial charge in [0.05, 0.1) is 6.10 Å². The Morgan fingerprint density at radius 2 is 1.25 bits per heavy atom. The normalized spacial score (nSPS) is 33.1. The van der Waals surface area contributed by atoms with E-state index in [1.807, 2.05) is 0 Å². The van der Waals surface area contributed by atoms with Crippen LogP contribution in [0, 0.1) is 0 Å². The maximum Gasteiger partial charge on any atom is 0.303 e. The molecule has 0 spiro atoms. The number of hydrogen-bond acceptors (Lipinski definition) is 8. The molecule has 5 atom stereocenters. The zero-order valence-electron chi connectivity index (χ0n) is 11.7. The van der Waals surface area contributed by atoms with E-state index in [-0.39, 0.29) is 0 Å². The number of ether oxygens (including phenoxy) is 4. The first-order chi connectivity index (χ1) is 9.22. The Balaban J connectivity index is 3.01. The van der Waals surface area contributed by atoms with Gasteiger partial charge in [-0.15, -0.1) is 0 Å². The minimum Gasteiger partial charge on any atom is -0.456 e. The zero-order chi connectivity index (χ0) is 15.4. The summed E-state index contributed by atoms with van der Waals surface area (Å²) < 4.78 is 20.1. The molecule has 0 aromatic carbocycles. The second-order valence-electron chi connectivity index (χ2n) is 4.45. The van der Waals surface area contributed by atoms with E-state index in [9.17, 15) is 19.5 Å². The number of hydrogen-bond donors (Lipinski definition) is 1. The van der Waals surface area contributed by atoms with Gasteiger partial charge in [-0.3, -0.25) is 14.4 Å². The lowest BCUT2D eigenvalue weighted by Crippen LogP contribution is -2.60. The van der Waals surface area contributed by atoms with E-state index in [0.29, 0.717) is 0 Å². The second kappa shape index (κ2) is 6.67. The summed E-state index contributed by atoms with van der Waals surface area (Å²) in [5.74, 6) is -1.96. The average molecular weight is 290 g/mol. The minimum atomic E-state index is -1.48. The summed E-state index contributed by atoms with van der Waals surface area (Å²) in [6, 6.07) is 0. The number of carbonyl (C=O) groups is 3. The Hall–Kier alpha value is -1.67. The molecule has 8 heteroatoms. The van der Waals surface area contributed by atoms with Gasteiger partial charge in [0.25, 0.3) is 0 Å². The monoisotopic (exact) mass is 290 g/mol. The highest BCUT2D eigenvalue weighted by Gasteiger charge is 2.49. The van der Waals surface area contributed by atoms with Crippen LogP contribution in [0.4, 0.5) is 0 Å². The van der Waals surface area contributed by atoms with Crippen molar-refractivity contribution >= 4 is 17.9 Å². The Kier molecular flexibility index (Phi) is 5.46. The summed E-state index contributed by atoms with van der Waals surface area (Å²) in [6.45, 7) is 5.01. The van der Waals surface area contributed by atoms with Gasteiger partial charge >= 0.3 is 17.9 Å². The Morgan fingerprint density at radius 1 is 0.850 bits per heavy atom. The van der Waals surface area contributed by atoms with E-state index < -0.39 is 48.6 Å². The first kappa shape index (κ1) is 16.4. The molecule has 0 aromatic heterocycles. The topological polar surface area (TPSA) is 108 Å². The van der Waals surface area contributed by atoms with E-state index in [1.165, 1.54) is 13.8 Å². The van der Waals surface area contributed by atoms with Crippen molar-refractivity contribution in [1.29, 1.82) is 0 Å². The van der Waals surface area contributed by atoms with Gasteiger partial charge in [0.1, 0.15) is 0 Å². The first-order valence-corrected chi connectivity index (χ1v) is 6.07. The molecule has 1 fully saturated rings. The first-order valence-electron chi connectivity index (χ1n) is 6.07. The van der Waals surface area contributed by atoms with Gasteiger partial charge in [0, 0.05) is 20.8 Å². The van der Waals surface area contributed by atoms with Crippen molar-refractivity contribution in [3.05, 3.63) is 0 Å². The molecule has 1 N–H and O–H groups in total. The molecule has 0 saturated carbocycles. The van der Waals surface area contributed by atoms with Crippen molar-refractivity contribution in [2.45, 2.75) is 58.4 Å². The summed E-state index contributed by atoms with van der Waals surface area (Å²) in [5, 5.41) is 9.79. The summed E-state index contributed by atoms with van der Waals surface area (Å²) >= 11 is 0. The number of esters is 3. The largest absolute Gasteiger partial charge is 0.456 e. The van der Waals surface area contributed by atoms with Gasteiger partial charge in [0.2, 0.25) is 0 Å². The molecule has 1 heterocycles. The fourth-order valence-electron chi connectivity index (χ4n) is 1.99. The minimum absolute atomic E-state index is 0.611. The number of aliphatic hydroxyl groups is 1. The van der Waals surface area contributed by atoms with E-state index in [4.69, 9.17) is 18.9 Å². The van der Waals surface area contributed by atoms with Crippen LogP contribution in [0.15, 0.2) is 0 Å².